The zero-order chi connectivity index (χ0) is 9.69. The van der Waals surface area contributed by atoms with Gasteiger partial charge in [-0.2, -0.15) is 0 Å². The van der Waals surface area contributed by atoms with Crippen LogP contribution in [0.2, 0.25) is 0 Å². The molecule has 0 aromatic carbocycles. The lowest BCUT2D eigenvalue weighted by molar-refractivity contribution is -0.301. The van der Waals surface area contributed by atoms with E-state index in [1.807, 2.05) is 0 Å². The van der Waals surface area contributed by atoms with Crippen molar-refractivity contribution in [1.82, 2.24) is 0 Å². The summed E-state index contributed by atoms with van der Waals surface area (Å²) in [6.45, 7) is 9.57. The van der Waals surface area contributed by atoms with E-state index in [2.05, 4.69) is 27.7 Å². The molecule has 2 nitrogen and oxygen atoms in total. The lowest BCUT2D eigenvalue weighted by Gasteiger charge is -2.48. The Balaban J connectivity index is 2.05. The molecule has 0 N–H and O–H groups in total. The minimum absolute atomic E-state index is 0.0570. The zero-order valence-electron chi connectivity index (χ0n) is 9.09. The standard InChI is InChI=1S/C11H20O2/c1-10(2)7-12-9(8-5-6-8)13-11(10,3)4/h8-9H,5-7H2,1-4H3. The predicted octanol–water partition coefficient (Wildman–Crippen LogP) is 2.57. The van der Waals surface area contributed by atoms with Crippen LogP contribution in [0.15, 0.2) is 0 Å². The van der Waals surface area contributed by atoms with Crippen LogP contribution in [0, 0.1) is 11.3 Å². The summed E-state index contributed by atoms with van der Waals surface area (Å²) in [4.78, 5) is 0. The van der Waals surface area contributed by atoms with Crippen LogP contribution in [0.25, 0.3) is 0 Å². The Hall–Kier alpha value is -0.0800. The first-order chi connectivity index (χ1) is 5.92. The molecule has 76 valence electrons. The maximum absolute atomic E-state index is 5.99. The minimum Gasteiger partial charge on any atom is -0.352 e. The fourth-order valence-electron chi connectivity index (χ4n) is 1.55. The van der Waals surface area contributed by atoms with Crippen molar-refractivity contribution >= 4 is 0 Å². The molecule has 1 aliphatic carbocycles. The smallest absolute Gasteiger partial charge is 0.161 e. The van der Waals surface area contributed by atoms with Gasteiger partial charge in [-0.3, -0.25) is 0 Å². The van der Waals surface area contributed by atoms with E-state index in [-0.39, 0.29) is 17.3 Å². The third-order valence-electron chi connectivity index (χ3n) is 3.66. The van der Waals surface area contributed by atoms with Crippen LogP contribution in [0.4, 0.5) is 0 Å². The number of ether oxygens (including phenoxy) is 2. The summed E-state index contributed by atoms with van der Waals surface area (Å²) in [7, 11) is 0. The summed E-state index contributed by atoms with van der Waals surface area (Å²) in [6, 6.07) is 0. The van der Waals surface area contributed by atoms with E-state index in [0.717, 1.165) is 6.61 Å². The van der Waals surface area contributed by atoms with Gasteiger partial charge in [-0.15, -0.1) is 0 Å². The quantitative estimate of drug-likeness (QED) is 0.623. The van der Waals surface area contributed by atoms with Crippen LogP contribution in [0.3, 0.4) is 0 Å². The second-order valence-electron chi connectivity index (χ2n) is 5.53. The molecule has 13 heavy (non-hydrogen) atoms. The number of hydrogen-bond acceptors (Lipinski definition) is 2. The van der Waals surface area contributed by atoms with Gasteiger partial charge in [0.15, 0.2) is 6.29 Å². The minimum atomic E-state index is -0.0570. The fraction of sp³-hybridized carbons (Fsp3) is 1.00. The Bertz CT molecular complexity index is 204. The maximum Gasteiger partial charge on any atom is 0.161 e. The molecule has 0 aromatic rings. The van der Waals surface area contributed by atoms with Gasteiger partial charge < -0.3 is 9.47 Å². The highest BCUT2D eigenvalue weighted by Gasteiger charge is 2.48. The van der Waals surface area contributed by atoms with E-state index in [1.165, 1.54) is 12.8 Å². The molecule has 1 atom stereocenters. The fourth-order valence-corrected chi connectivity index (χ4v) is 1.55. The average Bonchev–Trinajstić information content (AvgIpc) is 2.77. The van der Waals surface area contributed by atoms with Gasteiger partial charge in [0.25, 0.3) is 0 Å². The van der Waals surface area contributed by atoms with E-state index in [0.29, 0.717) is 5.92 Å². The molecule has 0 aromatic heterocycles. The van der Waals surface area contributed by atoms with E-state index in [4.69, 9.17) is 9.47 Å². The Labute approximate surface area is 80.6 Å². The van der Waals surface area contributed by atoms with Crippen molar-refractivity contribution < 1.29 is 9.47 Å². The van der Waals surface area contributed by atoms with Gasteiger partial charge in [0.05, 0.1) is 12.2 Å². The van der Waals surface area contributed by atoms with Crippen LogP contribution in [-0.2, 0) is 9.47 Å². The van der Waals surface area contributed by atoms with Gasteiger partial charge in [-0.05, 0) is 26.7 Å². The molecular weight excluding hydrogens is 164 g/mol. The molecule has 1 saturated heterocycles. The van der Waals surface area contributed by atoms with Crippen molar-refractivity contribution in [1.29, 1.82) is 0 Å². The van der Waals surface area contributed by atoms with Gasteiger partial charge in [-0.1, -0.05) is 13.8 Å². The van der Waals surface area contributed by atoms with Crippen LogP contribution >= 0.6 is 0 Å². The van der Waals surface area contributed by atoms with Crippen LogP contribution < -0.4 is 0 Å². The molecule has 2 rings (SSSR count). The van der Waals surface area contributed by atoms with E-state index < -0.39 is 0 Å². The molecule has 0 bridgehead atoms. The van der Waals surface area contributed by atoms with E-state index in [9.17, 15) is 0 Å². The average molecular weight is 184 g/mol. The van der Waals surface area contributed by atoms with E-state index in [1.54, 1.807) is 0 Å². The molecule has 0 amide bonds. The van der Waals surface area contributed by atoms with Gasteiger partial charge in [0.2, 0.25) is 0 Å². The van der Waals surface area contributed by atoms with Crippen molar-refractivity contribution in [2.75, 3.05) is 6.61 Å². The maximum atomic E-state index is 5.99. The Morgan fingerprint density at radius 3 is 2.15 bits per heavy atom. The third kappa shape index (κ3) is 1.62. The summed E-state index contributed by atoms with van der Waals surface area (Å²) in [5, 5.41) is 0. The lowest BCUT2D eigenvalue weighted by Crippen LogP contribution is -2.53. The first kappa shape index (κ1) is 9.47. The predicted molar refractivity (Wildman–Crippen MR) is 51.4 cm³/mol. The van der Waals surface area contributed by atoms with Crippen LogP contribution in [0.5, 0.6) is 0 Å². The highest BCUT2D eigenvalue weighted by atomic mass is 16.7. The molecule has 0 radical (unpaired) electrons. The second-order valence-corrected chi connectivity index (χ2v) is 5.53. The topological polar surface area (TPSA) is 18.5 Å². The molecule has 1 unspecified atom stereocenters. The number of hydrogen-bond donors (Lipinski definition) is 0. The summed E-state index contributed by atoms with van der Waals surface area (Å²) < 4.78 is 11.7. The highest BCUT2D eigenvalue weighted by Crippen LogP contribution is 2.45. The Morgan fingerprint density at radius 1 is 1.08 bits per heavy atom. The first-order valence-electron chi connectivity index (χ1n) is 5.22. The highest BCUT2D eigenvalue weighted by molar-refractivity contribution is 4.93. The van der Waals surface area contributed by atoms with Crippen molar-refractivity contribution in [3.05, 3.63) is 0 Å². The van der Waals surface area contributed by atoms with Crippen molar-refractivity contribution in [2.45, 2.75) is 52.4 Å². The summed E-state index contributed by atoms with van der Waals surface area (Å²) >= 11 is 0. The van der Waals surface area contributed by atoms with Gasteiger partial charge in [-0.25, -0.2) is 0 Å². The monoisotopic (exact) mass is 184 g/mol. The molecule has 2 aliphatic rings. The molecule has 1 saturated carbocycles. The van der Waals surface area contributed by atoms with Crippen molar-refractivity contribution in [3.8, 4) is 0 Å². The first-order valence-corrected chi connectivity index (χ1v) is 5.22. The van der Waals surface area contributed by atoms with Crippen LogP contribution in [-0.4, -0.2) is 18.5 Å². The van der Waals surface area contributed by atoms with Gasteiger partial charge >= 0.3 is 0 Å². The summed E-state index contributed by atoms with van der Waals surface area (Å²) in [5.41, 5.74) is 0.0664. The molecule has 0 spiro atoms. The largest absolute Gasteiger partial charge is 0.352 e. The van der Waals surface area contributed by atoms with Crippen LogP contribution in [0.1, 0.15) is 40.5 Å². The molecule has 2 fully saturated rings. The SMILES string of the molecule is CC1(C)COC(C2CC2)OC1(C)C. The van der Waals surface area contributed by atoms with E-state index >= 15 is 0 Å². The second kappa shape index (κ2) is 2.71. The normalized spacial score (nSPS) is 37.4. The van der Waals surface area contributed by atoms with Gasteiger partial charge in [0, 0.05) is 11.3 Å². The zero-order valence-corrected chi connectivity index (χ0v) is 9.09. The third-order valence-corrected chi connectivity index (χ3v) is 3.66. The van der Waals surface area contributed by atoms with Crippen molar-refractivity contribution in [3.63, 3.8) is 0 Å². The molecule has 1 heterocycles. The Morgan fingerprint density at radius 2 is 1.69 bits per heavy atom. The molecular formula is C11H20O2. The number of rotatable bonds is 1. The van der Waals surface area contributed by atoms with Gasteiger partial charge in [0.1, 0.15) is 0 Å². The lowest BCUT2D eigenvalue weighted by atomic mass is 9.77. The summed E-state index contributed by atoms with van der Waals surface area (Å²) in [6.07, 6.45) is 2.63. The van der Waals surface area contributed by atoms with Crippen molar-refractivity contribution in [2.24, 2.45) is 11.3 Å². The summed E-state index contributed by atoms with van der Waals surface area (Å²) in [5.74, 6) is 0.676. The Kier molecular flexibility index (Phi) is 1.97. The molecule has 1 aliphatic heterocycles. The molecule has 2 heteroatoms.